The second kappa shape index (κ2) is 11.7. The Morgan fingerprint density at radius 3 is 2.26 bits per heavy atom. The quantitative estimate of drug-likeness (QED) is 0.185. The van der Waals surface area contributed by atoms with Crippen molar-refractivity contribution in [2.24, 2.45) is 7.05 Å². The van der Waals surface area contributed by atoms with Crippen LogP contribution < -0.4 is 14.2 Å². The minimum absolute atomic E-state index is 0.116. The third-order valence-electron chi connectivity index (χ3n) is 6.94. The molecule has 0 N–H and O–H groups in total. The van der Waals surface area contributed by atoms with E-state index in [1.807, 2.05) is 30.3 Å². The summed E-state index contributed by atoms with van der Waals surface area (Å²) in [4.78, 5) is 21.8. The van der Waals surface area contributed by atoms with Gasteiger partial charge < -0.3 is 18.8 Å². The minimum atomic E-state index is -4.52. The number of nitrogens with zero attached hydrogens (tertiary/aromatic N) is 6. The summed E-state index contributed by atoms with van der Waals surface area (Å²) in [5, 5.41) is 0. The van der Waals surface area contributed by atoms with Gasteiger partial charge in [0.1, 0.15) is 30.9 Å². The summed E-state index contributed by atoms with van der Waals surface area (Å²) in [7, 11) is 3.06. The van der Waals surface area contributed by atoms with E-state index in [0.29, 0.717) is 34.5 Å². The first kappa shape index (κ1) is 28.1. The molecule has 2 aromatic carbocycles. The molecular formula is C31H27F3N6O3. The highest BCUT2D eigenvalue weighted by Crippen LogP contribution is 2.45. The molecule has 0 radical (unpaired) electrons. The number of benzene rings is 2. The molecule has 1 aliphatic rings. The first-order chi connectivity index (χ1) is 20.8. The van der Waals surface area contributed by atoms with Crippen LogP contribution in [-0.2, 0) is 26.4 Å². The molecule has 1 aliphatic carbocycles. The van der Waals surface area contributed by atoms with Crippen molar-refractivity contribution in [2.75, 3.05) is 7.11 Å². The summed E-state index contributed by atoms with van der Waals surface area (Å²) in [6.45, 7) is 0.397. The Hall–Kier alpha value is -5.00. The Kier molecular flexibility index (Phi) is 7.66. The van der Waals surface area contributed by atoms with Crippen LogP contribution in [0.3, 0.4) is 0 Å². The van der Waals surface area contributed by atoms with Gasteiger partial charge in [-0.1, -0.05) is 54.6 Å². The zero-order chi connectivity index (χ0) is 30.0. The van der Waals surface area contributed by atoms with Gasteiger partial charge in [0, 0.05) is 24.7 Å². The van der Waals surface area contributed by atoms with Gasteiger partial charge in [-0.25, -0.2) is 19.9 Å². The molecule has 0 atom stereocenters. The largest absolute Gasteiger partial charge is 0.482 e. The van der Waals surface area contributed by atoms with Crippen molar-refractivity contribution in [1.82, 2.24) is 29.5 Å². The number of imidazole rings is 1. The van der Waals surface area contributed by atoms with Crippen molar-refractivity contribution in [3.8, 4) is 40.3 Å². The van der Waals surface area contributed by atoms with E-state index in [9.17, 15) is 13.2 Å². The molecule has 9 nitrogen and oxygen atoms in total. The van der Waals surface area contributed by atoms with E-state index in [-0.39, 0.29) is 24.9 Å². The summed E-state index contributed by atoms with van der Waals surface area (Å²) >= 11 is 0. The minimum Gasteiger partial charge on any atom is -0.482 e. The standard InChI is InChI=1S/C31H27F3N6O3/c1-40-15-24(31(32,33)34)38-28(40)22-10-8-20(9-11-22)17-43-29-23(42-16-19-6-4-3-5-7-19)14-35-27(39-29)25-26(21-12-13-21)36-18-37-30(25)41-2/h3-11,14-15,18,21H,12-13,16-17H2,1-2H3. The van der Waals surface area contributed by atoms with Crippen LogP contribution in [0.15, 0.2) is 73.3 Å². The predicted octanol–water partition coefficient (Wildman–Crippen LogP) is 6.40. The van der Waals surface area contributed by atoms with Gasteiger partial charge in [-0.3, -0.25) is 0 Å². The van der Waals surface area contributed by atoms with Crippen molar-refractivity contribution in [3.05, 3.63) is 95.8 Å². The molecule has 3 aromatic heterocycles. The lowest BCUT2D eigenvalue weighted by atomic mass is 10.1. The second-order valence-corrected chi connectivity index (χ2v) is 10.1. The number of rotatable bonds is 10. The molecule has 6 rings (SSSR count). The number of methoxy groups -OCH3 is 1. The van der Waals surface area contributed by atoms with Gasteiger partial charge in [-0.2, -0.15) is 18.2 Å². The van der Waals surface area contributed by atoms with E-state index in [4.69, 9.17) is 19.2 Å². The fourth-order valence-corrected chi connectivity index (χ4v) is 4.60. The van der Waals surface area contributed by atoms with Crippen LogP contribution in [0, 0.1) is 0 Å². The third-order valence-corrected chi connectivity index (χ3v) is 6.94. The molecular weight excluding hydrogens is 561 g/mol. The monoisotopic (exact) mass is 588 g/mol. The van der Waals surface area contributed by atoms with E-state index in [0.717, 1.165) is 35.9 Å². The molecule has 0 bridgehead atoms. The number of alkyl halides is 3. The smallest absolute Gasteiger partial charge is 0.434 e. The van der Waals surface area contributed by atoms with Gasteiger partial charge in [0.05, 0.1) is 19.0 Å². The van der Waals surface area contributed by atoms with E-state index in [1.165, 1.54) is 25.1 Å². The number of hydrogen-bond acceptors (Lipinski definition) is 8. The molecule has 0 aliphatic heterocycles. The molecule has 0 amide bonds. The average molecular weight is 589 g/mol. The summed E-state index contributed by atoms with van der Waals surface area (Å²) < 4.78 is 58.5. The number of hydrogen-bond donors (Lipinski definition) is 0. The maximum Gasteiger partial charge on any atom is 0.434 e. The lowest BCUT2D eigenvalue weighted by Gasteiger charge is -2.15. The fraction of sp³-hybridized carbons (Fsp3) is 0.258. The zero-order valence-electron chi connectivity index (χ0n) is 23.4. The van der Waals surface area contributed by atoms with Crippen molar-refractivity contribution < 1.29 is 27.4 Å². The highest BCUT2D eigenvalue weighted by atomic mass is 19.4. The first-order valence-electron chi connectivity index (χ1n) is 13.6. The van der Waals surface area contributed by atoms with Crippen LogP contribution in [0.5, 0.6) is 17.5 Å². The Bertz CT molecular complexity index is 1720. The van der Waals surface area contributed by atoms with Crippen LogP contribution in [0.25, 0.3) is 22.8 Å². The summed E-state index contributed by atoms with van der Waals surface area (Å²) in [5.41, 5.74) is 2.78. The topological polar surface area (TPSA) is 97.1 Å². The highest BCUT2D eigenvalue weighted by Gasteiger charge is 2.34. The van der Waals surface area contributed by atoms with Gasteiger partial charge in [-0.15, -0.1) is 0 Å². The second-order valence-electron chi connectivity index (χ2n) is 10.1. The van der Waals surface area contributed by atoms with Crippen LogP contribution >= 0.6 is 0 Å². The van der Waals surface area contributed by atoms with Gasteiger partial charge in [0.25, 0.3) is 5.88 Å². The molecule has 1 fully saturated rings. The van der Waals surface area contributed by atoms with E-state index in [2.05, 4.69) is 19.9 Å². The summed E-state index contributed by atoms with van der Waals surface area (Å²) in [5.74, 6) is 1.80. The number of aryl methyl sites for hydroxylation is 1. The molecule has 43 heavy (non-hydrogen) atoms. The number of halogens is 3. The lowest BCUT2D eigenvalue weighted by molar-refractivity contribution is -0.140. The molecule has 0 unspecified atom stereocenters. The maximum atomic E-state index is 13.1. The lowest BCUT2D eigenvalue weighted by Crippen LogP contribution is -2.06. The van der Waals surface area contributed by atoms with E-state index in [1.54, 1.807) is 30.5 Å². The van der Waals surface area contributed by atoms with Crippen LogP contribution in [0.4, 0.5) is 13.2 Å². The third kappa shape index (κ3) is 6.27. The van der Waals surface area contributed by atoms with Gasteiger partial charge in [-0.05, 0) is 24.0 Å². The average Bonchev–Trinajstić information content (AvgIpc) is 3.79. The van der Waals surface area contributed by atoms with E-state index < -0.39 is 11.9 Å². The first-order valence-corrected chi connectivity index (χ1v) is 13.6. The number of aromatic nitrogens is 6. The van der Waals surface area contributed by atoms with Gasteiger partial charge in [0.2, 0.25) is 5.88 Å². The zero-order valence-corrected chi connectivity index (χ0v) is 23.4. The predicted molar refractivity (Wildman–Crippen MR) is 150 cm³/mol. The molecule has 12 heteroatoms. The van der Waals surface area contributed by atoms with Crippen LogP contribution in [0.1, 0.15) is 41.3 Å². The summed E-state index contributed by atoms with van der Waals surface area (Å²) in [6, 6.07) is 16.6. The fourth-order valence-electron chi connectivity index (χ4n) is 4.60. The Labute approximate surface area is 245 Å². The van der Waals surface area contributed by atoms with E-state index >= 15 is 0 Å². The summed E-state index contributed by atoms with van der Waals surface area (Å²) in [6.07, 6.45) is 1.52. The molecule has 220 valence electrons. The SMILES string of the molecule is COc1ncnc(C2CC2)c1-c1ncc(OCc2ccccc2)c(OCc2ccc(-c3nc(C(F)(F)F)cn3C)cc2)n1. The van der Waals surface area contributed by atoms with Crippen LogP contribution in [-0.4, -0.2) is 36.6 Å². The Balaban J connectivity index is 1.27. The van der Waals surface area contributed by atoms with Crippen molar-refractivity contribution in [2.45, 2.75) is 38.1 Å². The highest BCUT2D eigenvalue weighted by molar-refractivity contribution is 5.66. The Morgan fingerprint density at radius 1 is 0.860 bits per heavy atom. The number of ether oxygens (including phenoxy) is 3. The maximum absolute atomic E-state index is 13.1. The van der Waals surface area contributed by atoms with Crippen molar-refractivity contribution >= 4 is 0 Å². The van der Waals surface area contributed by atoms with Crippen LogP contribution in [0.2, 0.25) is 0 Å². The normalized spacial score (nSPS) is 13.1. The molecule has 0 spiro atoms. The van der Waals surface area contributed by atoms with Gasteiger partial charge in [0.15, 0.2) is 17.3 Å². The molecule has 1 saturated carbocycles. The van der Waals surface area contributed by atoms with Gasteiger partial charge >= 0.3 is 6.18 Å². The van der Waals surface area contributed by atoms with Crippen molar-refractivity contribution in [3.63, 3.8) is 0 Å². The Morgan fingerprint density at radius 2 is 1.58 bits per heavy atom. The molecule has 3 heterocycles. The van der Waals surface area contributed by atoms with Crippen molar-refractivity contribution in [1.29, 1.82) is 0 Å². The molecule has 0 saturated heterocycles. The molecule has 5 aromatic rings.